The van der Waals surface area contributed by atoms with Gasteiger partial charge in [-0.15, -0.1) is 0 Å². The Kier molecular flexibility index (Phi) is 4.93. The fraction of sp³-hybridized carbons (Fsp3) is 0.533. The molecule has 0 aromatic heterocycles. The lowest BCUT2D eigenvalue weighted by Crippen LogP contribution is -2.17. The van der Waals surface area contributed by atoms with Crippen molar-refractivity contribution in [2.24, 2.45) is 0 Å². The molecule has 0 N–H and O–H groups in total. The molecule has 0 atom stereocenters. The van der Waals surface area contributed by atoms with E-state index in [1.54, 1.807) is 12.0 Å². The van der Waals surface area contributed by atoms with E-state index >= 15 is 0 Å². The number of methoxy groups -OCH3 is 1. The summed E-state index contributed by atoms with van der Waals surface area (Å²) in [4.78, 5) is 13.6. The standard InChI is InChI=1S/C15H21NO3/c1-16-11-13-6-5-12(10-14(13)15(16)17)4-3-7-19-9-8-18-2/h5-6,10H,3-4,7-9,11H2,1-2H3. The molecule has 0 fully saturated rings. The van der Waals surface area contributed by atoms with Gasteiger partial charge in [-0.05, 0) is 30.0 Å². The lowest BCUT2D eigenvalue weighted by atomic mass is 10.0. The van der Waals surface area contributed by atoms with Crippen LogP contribution in [0.3, 0.4) is 0 Å². The average Bonchev–Trinajstić information content (AvgIpc) is 2.70. The number of carbonyl (C=O) groups is 1. The molecule has 19 heavy (non-hydrogen) atoms. The van der Waals surface area contributed by atoms with Crippen LogP contribution in [0, 0.1) is 0 Å². The second-order valence-corrected chi connectivity index (χ2v) is 4.86. The second-order valence-electron chi connectivity index (χ2n) is 4.86. The molecule has 4 heteroatoms. The molecule has 1 aliphatic heterocycles. The number of rotatable bonds is 7. The zero-order valence-corrected chi connectivity index (χ0v) is 11.6. The second kappa shape index (κ2) is 6.68. The maximum atomic E-state index is 11.9. The van der Waals surface area contributed by atoms with Crippen molar-refractivity contribution in [2.45, 2.75) is 19.4 Å². The minimum atomic E-state index is 0.133. The smallest absolute Gasteiger partial charge is 0.254 e. The van der Waals surface area contributed by atoms with Crippen molar-refractivity contribution >= 4 is 5.91 Å². The van der Waals surface area contributed by atoms with Gasteiger partial charge in [0.1, 0.15) is 0 Å². The van der Waals surface area contributed by atoms with E-state index in [9.17, 15) is 4.79 Å². The largest absolute Gasteiger partial charge is 0.382 e. The monoisotopic (exact) mass is 263 g/mol. The first kappa shape index (κ1) is 14.0. The van der Waals surface area contributed by atoms with Crippen molar-refractivity contribution < 1.29 is 14.3 Å². The van der Waals surface area contributed by atoms with E-state index in [1.807, 2.05) is 13.1 Å². The fourth-order valence-electron chi connectivity index (χ4n) is 2.27. The molecule has 1 aliphatic rings. The van der Waals surface area contributed by atoms with Crippen molar-refractivity contribution in [3.63, 3.8) is 0 Å². The molecule has 0 unspecified atom stereocenters. The molecule has 1 amide bonds. The number of hydrogen-bond donors (Lipinski definition) is 0. The highest BCUT2D eigenvalue weighted by Crippen LogP contribution is 2.22. The number of amides is 1. The van der Waals surface area contributed by atoms with Crippen LogP contribution in [0.2, 0.25) is 0 Å². The van der Waals surface area contributed by atoms with E-state index in [0.717, 1.165) is 37.1 Å². The van der Waals surface area contributed by atoms with E-state index in [4.69, 9.17) is 9.47 Å². The van der Waals surface area contributed by atoms with Crippen LogP contribution in [0.25, 0.3) is 0 Å². The van der Waals surface area contributed by atoms with Crippen molar-refractivity contribution in [3.05, 3.63) is 34.9 Å². The highest BCUT2D eigenvalue weighted by Gasteiger charge is 2.23. The maximum absolute atomic E-state index is 11.9. The van der Waals surface area contributed by atoms with Crippen LogP contribution < -0.4 is 0 Å². The van der Waals surface area contributed by atoms with Gasteiger partial charge in [0.05, 0.1) is 13.2 Å². The summed E-state index contributed by atoms with van der Waals surface area (Å²) >= 11 is 0. The van der Waals surface area contributed by atoms with E-state index < -0.39 is 0 Å². The first-order valence-electron chi connectivity index (χ1n) is 6.66. The zero-order valence-electron chi connectivity index (χ0n) is 11.6. The molecular formula is C15H21NO3. The molecule has 2 rings (SSSR count). The number of nitrogens with zero attached hydrogens (tertiary/aromatic N) is 1. The number of hydrogen-bond acceptors (Lipinski definition) is 3. The molecule has 0 saturated heterocycles. The molecule has 4 nitrogen and oxygen atoms in total. The van der Waals surface area contributed by atoms with Crippen LogP contribution in [-0.4, -0.2) is 44.8 Å². The van der Waals surface area contributed by atoms with Gasteiger partial charge in [0, 0.05) is 32.9 Å². The Bertz CT molecular complexity index is 445. The summed E-state index contributed by atoms with van der Waals surface area (Å²) in [6, 6.07) is 6.20. The molecule has 0 bridgehead atoms. The highest BCUT2D eigenvalue weighted by atomic mass is 16.5. The molecule has 0 radical (unpaired) electrons. The lowest BCUT2D eigenvalue weighted by molar-refractivity contribution is 0.0695. The number of benzene rings is 1. The van der Waals surface area contributed by atoms with Crippen LogP contribution >= 0.6 is 0 Å². The summed E-state index contributed by atoms with van der Waals surface area (Å²) < 4.78 is 10.3. The Morgan fingerprint density at radius 2 is 2.11 bits per heavy atom. The predicted octanol–water partition coefficient (Wildman–Crippen LogP) is 1.87. The van der Waals surface area contributed by atoms with Gasteiger partial charge in [-0.25, -0.2) is 0 Å². The molecule has 1 aromatic carbocycles. The van der Waals surface area contributed by atoms with Crippen molar-refractivity contribution in [1.82, 2.24) is 4.90 Å². The quantitative estimate of drug-likeness (QED) is 0.705. The van der Waals surface area contributed by atoms with Crippen LogP contribution in [0.5, 0.6) is 0 Å². The van der Waals surface area contributed by atoms with Gasteiger partial charge in [-0.2, -0.15) is 0 Å². The summed E-state index contributed by atoms with van der Waals surface area (Å²) in [5.41, 5.74) is 3.20. The third-order valence-electron chi connectivity index (χ3n) is 3.34. The zero-order chi connectivity index (χ0) is 13.7. The van der Waals surface area contributed by atoms with E-state index in [-0.39, 0.29) is 5.91 Å². The van der Waals surface area contributed by atoms with E-state index in [2.05, 4.69) is 12.1 Å². The molecule has 1 aromatic rings. The highest BCUT2D eigenvalue weighted by molar-refractivity contribution is 5.98. The SMILES string of the molecule is COCCOCCCc1ccc2c(c1)C(=O)N(C)C2. The minimum absolute atomic E-state index is 0.133. The van der Waals surface area contributed by atoms with Crippen molar-refractivity contribution in [3.8, 4) is 0 Å². The maximum Gasteiger partial charge on any atom is 0.254 e. The predicted molar refractivity (Wildman–Crippen MR) is 73.3 cm³/mol. The third kappa shape index (κ3) is 3.55. The first-order chi connectivity index (χ1) is 9.22. The molecular weight excluding hydrogens is 242 g/mol. The molecule has 104 valence electrons. The summed E-state index contributed by atoms with van der Waals surface area (Å²) in [5.74, 6) is 0.133. The molecule has 0 aliphatic carbocycles. The number of aryl methyl sites for hydroxylation is 1. The van der Waals surface area contributed by atoms with Gasteiger partial charge in [-0.1, -0.05) is 12.1 Å². The minimum Gasteiger partial charge on any atom is -0.382 e. The average molecular weight is 263 g/mol. The molecule has 0 saturated carbocycles. The topological polar surface area (TPSA) is 38.8 Å². The number of ether oxygens (including phenoxy) is 2. The van der Waals surface area contributed by atoms with Crippen LogP contribution in [0.4, 0.5) is 0 Å². The summed E-state index contributed by atoms with van der Waals surface area (Å²) in [7, 11) is 3.51. The molecule has 0 spiro atoms. The van der Waals surface area contributed by atoms with Gasteiger partial charge in [-0.3, -0.25) is 4.79 Å². The Morgan fingerprint density at radius 1 is 1.26 bits per heavy atom. The van der Waals surface area contributed by atoms with Crippen LogP contribution in [0.15, 0.2) is 18.2 Å². The number of carbonyl (C=O) groups excluding carboxylic acids is 1. The van der Waals surface area contributed by atoms with Crippen molar-refractivity contribution in [2.75, 3.05) is 34.0 Å². The normalized spacial score (nSPS) is 14.0. The van der Waals surface area contributed by atoms with Gasteiger partial charge in [0.2, 0.25) is 0 Å². The van der Waals surface area contributed by atoms with Crippen molar-refractivity contribution in [1.29, 1.82) is 0 Å². The Labute approximate surface area is 114 Å². The Hall–Kier alpha value is -1.39. The van der Waals surface area contributed by atoms with Gasteiger partial charge in [0.25, 0.3) is 5.91 Å². The summed E-state index contributed by atoms with van der Waals surface area (Å²) in [5, 5.41) is 0. The Morgan fingerprint density at radius 3 is 2.89 bits per heavy atom. The molecule has 1 heterocycles. The lowest BCUT2D eigenvalue weighted by Gasteiger charge is -2.05. The van der Waals surface area contributed by atoms with Crippen LogP contribution in [-0.2, 0) is 22.4 Å². The third-order valence-corrected chi connectivity index (χ3v) is 3.34. The Balaban J connectivity index is 1.81. The van der Waals surface area contributed by atoms with E-state index in [0.29, 0.717) is 13.2 Å². The van der Waals surface area contributed by atoms with E-state index in [1.165, 1.54) is 5.56 Å². The number of fused-ring (bicyclic) bond motifs is 1. The van der Waals surface area contributed by atoms with Gasteiger partial charge in [0.15, 0.2) is 0 Å². The first-order valence-corrected chi connectivity index (χ1v) is 6.66. The fourth-order valence-corrected chi connectivity index (χ4v) is 2.27. The summed E-state index contributed by atoms with van der Waals surface area (Å²) in [6.45, 7) is 2.74. The van der Waals surface area contributed by atoms with Gasteiger partial charge >= 0.3 is 0 Å². The summed E-state index contributed by atoms with van der Waals surface area (Å²) in [6.07, 6.45) is 1.91. The van der Waals surface area contributed by atoms with Crippen LogP contribution in [0.1, 0.15) is 27.9 Å². The van der Waals surface area contributed by atoms with Gasteiger partial charge < -0.3 is 14.4 Å².